The van der Waals surface area contributed by atoms with Gasteiger partial charge in [-0.3, -0.25) is 14.5 Å². The molecule has 0 saturated carbocycles. The van der Waals surface area contributed by atoms with Crippen LogP contribution in [0.2, 0.25) is 0 Å². The van der Waals surface area contributed by atoms with Gasteiger partial charge in [0.15, 0.2) is 6.61 Å². The van der Waals surface area contributed by atoms with Gasteiger partial charge in [0.2, 0.25) is 0 Å². The fraction of sp³-hybridized carbons (Fsp3) is 0.615. The Kier molecular flexibility index (Phi) is 5.83. The fourth-order valence-corrected chi connectivity index (χ4v) is 1.77. The van der Waals surface area contributed by atoms with E-state index >= 15 is 0 Å². The van der Waals surface area contributed by atoms with Crippen molar-refractivity contribution in [2.45, 2.75) is 32.2 Å². The molecule has 1 unspecified atom stereocenters. The van der Waals surface area contributed by atoms with Crippen LogP contribution in [0.5, 0.6) is 0 Å². The molecule has 0 aromatic rings. The molecule has 0 bridgehead atoms. The second-order valence-electron chi connectivity index (χ2n) is 4.99. The van der Waals surface area contributed by atoms with Gasteiger partial charge in [-0.15, -0.1) is 0 Å². The molecule has 0 aliphatic carbocycles. The molecule has 1 aliphatic rings. The molecule has 0 fully saturated rings. The highest BCUT2D eigenvalue weighted by Gasteiger charge is 2.28. The van der Waals surface area contributed by atoms with Crippen molar-refractivity contribution in [3.63, 3.8) is 0 Å². The lowest BCUT2D eigenvalue weighted by atomic mass is 9.97. The van der Waals surface area contributed by atoms with E-state index in [2.05, 4.69) is 14.7 Å². The molecule has 0 aromatic heterocycles. The van der Waals surface area contributed by atoms with Crippen molar-refractivity contribution in [3.05, 3.63) is 11.9 Å². The molecule has 0 spiro atoms. The summed E-state index contributed by atoms with van der Waals surface area (Å²) in [5.41, 5.74) is 4.59. The van der Waals surface area contributed by atoms with E-state index < -0.39 is 17.3 Å². The van der Waals surface area contributed by atoms with E-state index in [4.69, 9.17) is 5.73 Å². The lowest BCUT2D eigenvalue weighted by Gasteiger charge is -2.24. The summed E-state index contributed by atoms with van der Waals surface area (Å²) in [6.45, 7) is 2.66. The molecule has 118 valence electrons. The first kappa shape index (κ1) is 17.1. The zero-order valence-corrected chi connectivity index (χ0v) is 12.4. The Morgan fingerprint density at radius 3 is 2.90 bits per heavy atom. The van der Waals surface area contributed by atoms with Gasteiger partial charge >= 0.3 is 5.97 Å². The first-order chi connectivity index (χ1) is 9.77. The third-order valence-electron chi connectivity index (χ3n) is 3.07. The topological polar surface area (TPSA) is 94.2 Å². The first-order valence-electron chi connectivity index (χ1n) is 6.46. The van der Waals surface area contributed by atoms with Gasteiger partial charge in [-0.2, -0.15) is 0 Å². The summed E-state index contributed by atoms with van der Waals surface area (Å²) in [5.74, 6) is -1.11. The number of hydrogen-bond donors (Lipinski definition) is 1. The summed E-state index contributed by atoms with van der Waals surface area (Å²) in [4.78, 5) is 28.8. The Bertz CT molecular complexity index is 474. The lowest BCUT2D eigenvalue weighted by molar-refractivity contribution is -0.146. The van der Waals surface area contributed by atoms with Crippen molar-refractivity contribution in [2.75, 3.05) is 20.3 Å². The minimum Gasteiger partial charge on any atom is -0.468 e. The molecular formula is C13H20FN3O4. The molecule has 8 heteroatoms. The van der Waals surface area contributed by atoms with Crippen LogP contribution >= 0.6 is 0 Å². The van der Waals surface area contributed by atoms with E-state index in [9.17, 15) is 14.0 Å². The van der Waals surface area contributed by atoms with E-state index in [1.54, 1.807) is 6.92 Å². The highest BCUT2D eigenvalue weighted by Crippen LogP contribution is 2.14. The molecule has 0 radical (unpaired) electrons. The van der Waals surface area contributed by atoms with Gasteiger partial charge in [-0.1, -0.05) is 11.2 Å². The molecule has 21 heavy (non-hydrogen) atoms. The van der Waals surface area contributed by atoms with Gasteiger partial charge in [-0.25, -0.2) is 4.39 Å². The molecule has 1 heterocycles. The number of amidine groups is 1. The maximum absolute atomic E-state index is 13.8. The zero-order valence-electron chi connectivity index (χ0n) is 12.4. The number of halogens is 1. The van der Waals surface area contributed by atoms with E-state index in [0.717, 1.165) is 0 Å². The number of methoxy groups -OCH3 is 1. The van der Waals surface area contributed by atoms with Crippen LogP contribution in [0.25, 0.3) is 0 Å². The van der Waals surface area contributed by atoms with E-state index in [0.29, 0.717) is 5.84 Å². The number of ether oxygens (including phenoxy) is 1. The molecular weight excluding hydrogens is 281 g/mol. The van der Waals surface area contributed by atoms with Crippen LogP contribution in [-0.4, -0.2) is 48.4 Å². The number of nitrogens with two attached hydrogens (primary N) is 1. The minimum absolute atomic E-state index is 0.201. The summed E-state index contributed by atoms with van der Waals surface area (Å²) in [6.07, 6.45) is 1.78. The van der Waals surface area contributed by atoms with Crippen LogP contribution in [0.1, 0.15) is 26.7 Å². The van der Waals surface area contributed by atoms with Crippen molar-refractivity contribution in [1.82, 2.24) is 4.90 Å². The number of amides is 1. The highest BCUT2D eigenvalue weighted by atomic mass is 19.1. The van der Waals surface area contributed by atoms with Crippen LogP contribution in [0, 0.1) is 0 Å². The summed E-state index contributed by atoms with van der Waals surface area (Å²) < 4.78 is 18.4. The van der Waals surface area contributed by atoms with Crippen molar-refractivity contribution in [2.24, 2.45) is 10.9 Å². The smallest absolute Gasteiger partial charge is 0.325 e. The van der Waals surface area contributed by atoms with Gasteiger partial charge in [0.25, 0.3) is 5.91 Å². The van der Waals surface area contributed by atoms with Crippen LogP contribution in [-0.2, 0) is 19.2 Å². The number of esters is 1. The molecule has 2 N–H and O–H groups in total. The molecule has 1 aliphatic heterocycles. The fourth-order valence-electron chi connectivity index (χ4n) is 1.77. The van der Waals surface area contributed by atoms with Gasteiger partial charge in [0.1, 0.15) is 17.2 Å². The SMILES string of the molecule is COC(=O)C(C)(N)CC/C=C(\F)CN1C(=O)CON=C1C. The predicted octanol–water partition coefficient (Wildman–Crippen LogP) is 0.703. The van der Waals surface area contributed by atoms with Gasteiger partial charge < -0.3 is 15.3 Å². The highest BCUT2D eigenvalue weighted by molar-refractivity contribution is 5.98. The Balaban J connectivity index is 2.54. The summed E-state index contributed by atoms with van der Waals surface area (Å²) >= 11 is 0. The average Bonchev–Trinajstić information content (AvgIpc) is 2.42. The first-order valence-corrected chi connectivity index (χ1v) is 6.46. The monoisotopic (exact) mass is 301 g/mol. The average molecular weight is 301 g/mol. The molecule has 0 saturated heterocycles. The van der Waals surface area contributed by atoms with Crippen LogP contribution in [0.4, 0.5) is 4.39 Å². The molecule has 1 rings (SSSR count). The zero-order chi connectivity index (χ0) is 16.0. The number of oxime groups is 1. The van der Waals surface area contributed by atoms with E-state index in [-0.39, 0.29) is 31.9 Å². The van der Waals surface area contributed by atoms with Crippen LogP contribution in [0.3, 0.4) is 0 Å². The van der Waals surface area contributed by atoms with Gasteiger partial charge in [0, 0.05) is 0 Å². The van der Waals surface area contributed by atoms with Gasteiger partial charge in [-0.05, 0) is 26.7 Å². The van der Waals surface area contributed by atoms with Crippen LogP contribution in [0.15, 0.2) is 17.1 Å². The predicted molar refractivity (Wildman–Crippen MR) is 73.8 cm³/mol. The van der Waals surface area contributed by atoms with Gasteiger partial charge in [0.05, 0.1) is 13.7 Å². The molecule has 0 aromatic carbocycles. The molecule has 1 atom stereocenters. The van der Waals surface area contributed by atoms with Crippen molar-refractivity contribution in [3.8, 4) is 0 Å². The maximum Gasteiger partial charge on any atom is 0.325 e. The number of allylic oxidation sites excluding steroid dienone is 1. The quantitative estimate of drug-likeness (QED) is 0.729. The lowest BCUT2D eigenvalue weighted by Crippen LogP contribution is -2.45. The van der Waals surface area contributed by atoms with E-state index in [1.807, 2.05) is 0 Å². The Labute approximate surface area is 122 Å². The minimum atomic E-state index is -1.17. The maximum atomic E-state index is 13.8. The summed E-state index contributed by atoms with van der Waals surface area (Å²) in [6, 6.07) is 0. The Morgan fingerprint density at radius 1 is 1.67 bits per heavy atom. The second-order valence-corrected chi connectivity index (χ2v) is 4.99. The van der Waals surface area contributed by atoms with Crippen molar-refractivity contribution >= 4 is 17.7 Å². The number of carbonyl (C=O) groups excluding carboxylic acids is 2. The standard InChI is InChI=1S/C13H20FN3O4/c1-9-16-21-8-11(18)17(9)7-10(14)5-4-6-13(2,15)12(19)20-3/h5H,4,6-8,15H2,1-3H3/b10-5-. The Morgan fingerprint density at radius 2 is 2.33 bits per heavy atom. The summed E-state index contributed by atoms with van der Waals surface area (Å²) in [7, 11) is 1.25. The third-order valence-corrected chi connectivity index (χ3v) is 3.07. The second kappa shape index (κ2) is 7.16. The van der Waals surface area contributed by atoms with E-state index in [1.165, 1.54) is 25.0 Å². The number of rotatable bonds is 6. The molecule has 7 nitrogen and oxygen atoms in total. The number of hydrogen-bond acceptors (Lipinski definition) is 6. The number of carbonyl (C=O) groups is 2. The largest absolute Gasteiger partial charge is 0.468 e. The normalized spacial score (nSPS) is 18.7. The third kappa shape index (κ3) is 4.82. The van der Waals surface area contributed by atoms with Crippen molar-refractivity contribution < 1.29 is 23.6 Å². The number of nitrogens with zero attached hydrogens (tertiary/aromatic N) is 2. The Hall–Kier alpha value is -1.96. The molecule has 1 amide bonds. The van der Waals surface area contributed by atoms with Crippen molar-refractivity contribution in [1.29, 1.82) is 0 Å². The van der Waals surface area contributed by atoms with Crippen LogP contribution < -0.4 is 5.73 Å². The summed E-state index contributed by atoms with van der Waals surface area (Å²) in [5, 5.41) is 3.62.